The van der Waals surface area contributed by atoms with Gasteiger partial charge in [0.25, 0.3) is 0 Å². The van der Waals surface area contributed by atoms with Crippen LogP contribution in [-0.2, 0) is 11.2 Å². The normalized spacial score (nSPS) is 12.2. The number of amides is 1. The van der Waals surface area contributed by atoms with E-state index >= 15 is 0 Å². The first-order chi connectivity index (χ1) is 13.5. The molecular formula is C23H20FNO2S. The average Bonchev–Trinajstić information content (AvgIpc) is 3.32. The molecule has 1 amide bonds. The van der Waals surface area contributed by atoms with Crippen molar-refractivity contribution in [2.24, 2.45) is 0 Å². The number of fused-ring (bicyclic) bond motifs is 1. The highest BCUT2D eigenvalue weighted by atomic mass is 32.1. The van der Waals surface area contributed by atoms with Gasteiger partial charge in [0.15, 0.2) is 0 Å². The van der Waals surface area contributed by atoms with Crippen LogP contribution in [0.5, 0.6) is 0 Å². The fourth-order valence-electron chi connectivity index (χ4n) is 3.29. The van der Waals surface area contributed by atoms with E-state index in [4.69, 9.17) is 4.42 Å². The molecule has 2 aromatic carbocycles. The van der Waals surface area contributed by atoms with Gasteiger partial charge in [-0.15, -0.1) is 11.3 Å². The molecule has 5 heteroatoms. The van der Waals surface area contributed by atoms with Gasteiger partial charge < -0.3 is 9.73 Å². The van der Waals surface area contributed by atoms with E-state index in [0.29, 0.717) is 0 Å². The van der Waals surface area contributed by atoms with Crippen molar-refractivity contribution in [2.45, 2.75) is 26.3 Å². The van der Waals surface area contributed by atoms with Crippen LogP contribution < -0.4 is 5.32 Å². The number of hydrogen-bond acceptors (Lipinski definition) is 3. The van der Waals surface area contributed by atoms with Gasteiger partial charge in [-0.05, 0) is 66.2 Å². The SMILES string of the molecule is Cc1cc2occ(CC(=O)N[C@H](c3ccc(F)cc3)c3cccs3)c2cc1C. The topological polar surface area (TPSA) is 42.2 Å². The Kier molecular flexibility index (Phi) is 5.01. The third-order valence-electron chi connectivity index (χ3n) is 4.96. The molecule has 0 radical (unpaired) electrons. The number of benzene rings is 2. The summed E-state index contributed by atoms with van der Waals surface area (Å²) in [6, 6.07) is 13.9. The van der Waals surface area contributed by atoms with Gasteiger partial charge in [-0.3, -0.25) is 4.79 Å². The lowest BCUT2D eigenvalue weighted by Crippen LogP contribution is -2.30. The van der Waals surface area contributed by atoms with Crippen LogP contribution in [0.4, 0.5) is 4.39 Å². The van der Waals surface area contributed by atoms with Crippen molar-refractivity contribution < 1.29 is 13.6 Å². The molecule has 4 rings (SSSR count). The highest BCUT2D eigenvalue weighted by molar-refractivity contribution is 7.10. The average molecular weight is 393 g/mol. The van der Waals surface area contributed by atoms with Gasteiger partial charge in [0.05, 0.1) is 18.7 Å². The summed E-state index contributed by atoms with van der Waals surface area (Å²) in [5, 5.41) is 6.02. The predicted molar refractivity (Wildman–Crippen MR) is 110 cm³/mol. The van der Waals surface area contributed by atoms with E-state index in [1.54, 1.807) is 29.7 Å². The standard InChI is InChI=1S/C23H20FNO2S/c1-14-10-19-17(13-27-20(19)11-15(14)2)12-22(26)25-23(21-4-3-9-28-21)16-5-7-18(24)8-6-16/h3-11,13,23H,12H2,1-2H3,(H,25,26)/t23-/m1/s1. The number of rotatable bonds is 5. The summed E-state index contributed by atoms with van der Waals surface area (Å²) in [7, 11) is 0. The molecule has 0 aliphatic heterocycles. The van der Waals surface area contributed by atoms with Crippen LogP contribution in [-0.4, -0.2) is 5.91 Å². The van der Waals surface area contributed by atoms with E-state index in [1.807, 2.05) is 37.4 Å². The predicted octanol–water partition coefficient (Wildman–Crippen LogP) is 5.70. The molecule has 0 aliphatic rings. The zero-order valence-electron chi connectivity index (χ0n) is 15.7. The van der Waals surface area contributed by atoms with Gasteiger partial charge in [0, 0.05) is 15.8 Å². The van der Waals surface area contributed by atoms with Crippen LogP contribution in [0.25, 0.3) is 11.0 Å². The third-order valence-corrected chi connectivity index (χ3v) is 5.89. The number of carbonyl (C=O) groups excluding carboxylic acids is 1. The van der Waals surface area contributed by atoms with Crippen LogP contribution in [0.2, 0.25) is 0 Å². The highest BCUT2D eigenvalue weighted by Gasteiger charge is 2.19. The first kappa shape index (κ1) is 18.4. The van der Waals surface area contributed by atoms with Crippen molar-refractivity contribution in [2.75, 3.05) is 0 Å². The number of nitrogens with one attached hydrogen (secondary N) is 1. The van der Waals surface area contributed by atoms with Crippen molar-refractivity contribution >= 4 is 28.2 Å². The smallest absolute Gasteiger partial charge is 0.225 e. The number of furan rings is 1. The molecule has 142 valence electrons. The second-order valence-corrected chi connectivity index (χ2v) is 7.92. The summed E-state index contributed by atoms with van der Waals surface area (Å²) >= 11 is 1.56. The summed E-state index contributed by atoms with van der Waals surface area (Å²) in [6.45, 7) is 4.09. The van der Waals surface area contributed by atoms with Crippen molar-refractivity contribution in [3.05, 3.63) is 93.1 Å². The fourth-order valence-corrected chi connectivity index (χ4v) is 4.09. The zero-order chi connectivity index (χ0) is 19.7. The minimum Gasteiger partial charge on any atom is -0.464 e. The molecular weight excluding hydrogens is 373 g/mol. The quantitative estimate of drug-likeness (QED) is 0.473. The monoisotopic (exact) mass is 393 g/mol. The number of thiophene rings is 1. The van der Waals surface area contributed by atoms with Crippen molar-refractivity contribution in [1.29, 1.82) is 0 Å². The van der Waals surface area contributed by atoms with E-state index in [-0.39, 0.29) is 24.2 Å². The van der Waals surface area contributed by atoms with Gasteiger partial charge in [-0.2, -0.15) is 0 Å². The molecule has 0 bridgehead atoms. The van der Waals surface area contributed by atoms with E-state index in [9.17, 15) is 9.18 Å². The van der Waals surface area contributed by atoms with E-state index in [2.05, 4.69) is 11.4 Å². The summed E-state index contributed by atoms with van der Waals surface area (Å²) in [4.78, 5) is 13.8. The zero-order valence-corrected chi connectivity index (χ0v) is 16.5. The summed E-state index contributed by atoms with van der Waals surface area (Å²) in [6.07, 6.45) is 1.87. The fraction of sp³-hybridized carbons (Fsp3) is 0.174. The van der Waals surface area contributed by atoms with Gasteiger partial charge >= 0.3 is 0 Å². The maximum Gasteiger partial charge on any atom is 0.225 e. The molecule has 1 N–H and O–H groups in total. The van der Waals surface area contributed by atoms with Crippen LogP contribution in [0.3, 0.4) is 0 Å². The maximum atomic E-state index is 13.3. The van der Waals surface area contributed by atoms with Crippen molar-refractivity contribution in [3.63, 3.8) is 0 Å². The van der Waals surface area contributed by atoms with Crippen molar-refractivity contribution in [1.82, 2.24) is 5.32 Å². The Bertz CT molecular complexity index is 1110. The van der Waals surface area contributed by atoms with Crippen LogP contribution in [0.1, 0.15) is 33.2 Å². The minimum atomic E-state index is -0.310. The van der Waals surface area contributed by atoms with Gasteiger partial charge in [0.2, 0.25) is 5.91 Å². The summed E-state index contributed by atoms with van der Waals surface area (Å²) < 4.78 is 19.0. The highest BCUT2D eigenvalue weighted by Crippen LogP contribution is 2.28. The molecule has 2 aromatic heterocycles. The first-order valence-corrected chi connectivity index (χ1v) is 9.95. The first-order valence-electron chi connectivity index (χ1n) is 9.07. The van der Waals surface area contributed by atoms with Crippen LogP contribution in [0.15, 0.2) is 64.6 Å². The van der Waals surface area contributed by atoms with Gasteiger partial charge in [-0.25, -0.2) is 4.39 Å². The van der Waals surface area contributed by atoms with Crippen LogP contribution >= 0.6 is 11.3 Å². The van der Waals surface area contributed by atoms with Crippen LogP contribution in [0, 0.1) is 19.7 Å². The molecule has 0 fully saturated rings. The Morgan fingerprint density at radius 3 is 2.61 bits per heavy atom. The third kappa shape index (κ3) is 3.71. The summed E-state index contributed by atoms with van der Waals surface area (Å²) in [5.41, 5.74) is 4.82. The molecule has 2 heterocycles. The minimum absolute atomic E-state index is 0.108. The Morgan fingerprint density at radius 2 is 1.89 bits per heavy atom. The second-order valence-electron chi connectivity index (χ2n) is 6.94. The Morgan fingerprint density at radius 1 is 1.14 bits per heavy atom. The van der Waals surface area contributed by atoms with Gasteiger partial charge in [-0.1, -0.05) is 18.2 Å². The Balaban J connectivity index is 1.58. The maximum absolute atomic E-state index is 13.3. The Labute approximate surface area is 166 Å². The molecule has 0 spiro atoms. The molecule has 1 atom stereocenters. The van der Waals surface area contributed by atoms with Gasteiger partial charge in [0.1, 0.15) is 11.4 Å². The second kappa shape index (κ2) is 7.60. The number of aryl methyl sites for hydroxylation is 2. The molecule has 0 saturated carbocycles. The molecule has 0 saturated heterocycles. The lowest BCUT2D eigenvalue weighted by atomic mass is 10.0. The molecule has 0 aliphatic carbocycles. The lowest BCUT2D eigenvalue weighted by Gasteiger charge is -2.18. The number of halogens is 1. The van der Waals surface area contributed by atoms with Crippen molar-refractivity contribution in [3.8, 4) is 0 Å². The number of carbonyl (C=O) groups is 1. The summed E-state index contributed by atoms with van der Waals surface area (Å²) in [5.74, 6) is -0.404. The molecule has 28 heavy (non-hydrogen) atoms. The molecule has 4 aromatic rings. The largest absolute Gasteiger partial charge is 0.464 e. The van der Waals surface area contributed by atoms with E-state index < -0.39 is 0 Å². The van der Waals surface area contributed by atoms with E-state index in [1.165, 1.54) is 17.7 Å². The molecule has 0 unspecified atom stereocenters. The Hall–Kier alpha value is -2.92. The lowest BCUT2D eigenvalue weighted by molar-refractivity contribution is -0.120. The number of hydrogen-bond donors (Lipinski definition) is 1. The van der Waals surface area contributed by atoms with E-state index in [0.717, 1.165) is 32.5 Å². The molecule has 3 nitrogen and oxygen atoms in total.